The van der Waals surface area contributed by atoms with Gasteiger partial charge in [0.25, 0.3) is 6.43 Å². The van der Waals surface area contributed by atoms with Crippen LogP contribution in [0.1, 0.15) is 17.7 Å². The van der Waals surface area contributed by atoms with Gasteiger partial charge in [-0.2, -0.15) is 13.2 Å². The number of aromatic nitrogens is 1. The summed E-state index contributed by atoms with van der Waals surface area (Å²) in [5, 5.41) is 0. The first-order valence-electron chi connectivity index (χ1n) is 3.33. The molecular formula is C7H3F5IN. The molecule has 0 aliphatic carbocycles. The maximum atomic E-state index is 12.2. The fourth-order valence-electron chi connectivity index (χ4n) is 0.851. The van der Waals surface area contributed by atoms with Gasteiger partial charge in [0.05, 0.1) is 5.56 Å². The number of alkyl halides is 5. The van der Waals surface area contributed by atoms with Crippen LogP contribution in [0.2, 0.25) is 0 Å². The van der Waals surface area contributed by atoms with Crippen LogP contribution in [-0.2, 0) is 6.18 Å². The summed E-state index contributed by atoms with van der Waals surface area (Å²) in [7, 11) is 0. The maximum absolute atomic E-state index is 12.2. The molecule has 0 atom stereocenters. The largest absolute Gasteiger partial charge is 0.418 e. The van der Waals surface area contributed by atoms with Gasteiger partial charge in [-0.05, 0) is 28.7 Å². The molecule has 1 aromatic heterocycles. The van der Waals surface area contributed by atoms with Crippen molar-refractivity contribution in [3.8, 4) is 0 Å². The van der Waals surface area contributed by atoms with Gasteiger partial charge in [-0.15, -0.1) is 0 Å². The molecule has 0 saturated heterocycles. The van der Waals surface area contributed by atoms with Crippen LogP contribution in [0.5, 0.6) is 0 Å². The minimum Gasteiger partial charge on any atom is -0.254 e. The van der Waals surface area contributed by atoms with E-state index in [4.69, 9.17) is 0 Å². The molecule has 0 aromatic carbocycles. The third kappa shape index (κ3) is 2.52. The highest BCUT2D eigenvalue weighted by molar-refractivity contribution is 14.1. The zero-order valence-electron chi connectivity index (χ0n) is 6.45. The Morgan fingerprint density at radius 3 is 2.29 bits per heavy atom. The third-order valence-electron chi connectivity index (χ3n) is 1.40. The van der Waals surface area contributed by atoms with Crippen molar-refractivity contribution in [3.05, 3.63) is 27.1 Å². The lowest BCUT2D eigenvalue weighted by Crippen LogP contribution is -2.11. The smallest absolute Gasteiger partial charge is 0.254 e. The molecule has 0 N–H and O–H groups in total. The monoisotopic (exact) mass is 323 g/mol. The Bertz CT molecular complexity index is 335. The Kier molecular flexibility index (Phi) is 3.28. The second-order valence-electron chi connectivity index (χ2n) is 2.38. The lowest BCUT2D eigenvalue weighted by atomic mass is 10.2. The lowest BCUT2D eigenvalue weighted by Gasteiger charge is -2.11. The van der Waals surface area contributed by atoms with E-state index in [0.29, 0.717) is 6.07 Å². The Labute approximate surface area is 89.5 Å². The van der Waals surface area contributed by atoms with E-state index in [1.165, 1.54) is 0 Å². The van der Waals surface area contributed by atoms with Crippen molar-refractivity contribution in [2.45, 2.75) is 12.6 Å². The fourth-order valence-corrected chi connectivity index (χ4v) is 1.30. The van der Waals surface area contributed by atoms with E-state index < -0.39 is 23.9 Å². The summed E-state index contributed by atoms with van der Waals surface area (Å²) in [5.41, 5.74) is -2.60. The highest BCUT2D eigenvalue weighted by Crippen LogP contribution is 2.35. The van der Waals surface area contributed by atoms with Crippen molar-refractivity contribution < 1.29 is 22.0 Å². The molecule has 0 aliphatic heterocycles. The van der Waals surface area contributed by atoms with Gasteiger partial charge in [0, 0.05) is 9.77 Å². The van der Waals surface area contributed by atoms with Gasteiger partial charge in [-0.25, -0.2) is 8.78 Å². The Hall–Kier alpha value is -0.470. The number of nitrogens with zero attached hydrogens (tertiary/aromatic N) is 1. The van der Waals surface area contributed by atoms with Crippen molar-refractivity contribution in [1.29, 1.82) is 0 Å². The van der Waals surface area contributed by atoms with Crippen LogP contribution in [-0.4, -0.2) is 4.98 Å². The lowest BCUT2D eigenvalue weighted by molar-refractivity contribution is -0.140. The summed E-state index contributed by atoms with van der Waals surface area (Å²) in [6.45, 7) is 0. The molecule has 0 unspecified atom stereocenters. The standard InChI is InChI=1S/C7H3F5IN/c8-6(9)5-4(7(10,11)12)1-3(13)2-14-5/h1-2,6H. The van der Waals surface area contributed by atoms with Crippen LogP contribution >= 0.6 is 22.6 Å². The Morgan fingerprint density at radius 2 is 1.86 bits per heavy atom. The van der Waals surface area contributed by atoms with E-state index >= 15 is 0 Å². The van der Waals surface area contributed by atoms with Gasteiger partial charge >= 0.3 is 6.18 Å². The first-order chi connectivity index (χ1) is 6.32. The minimum absolute atomic E-state index is 0.166. The first kappa shape index (κ1) is 11.6. The predicted molar refractivity (Wildman–Crippen MR) is 46.9 cm³/mol. The summed E-state index contributed by atoms with van der Waals surface area (Å²) >= 11 is 1.58. The van der Waals surface area contributed by atoms with Gasteiger partial charge in [-0.3, -0.25) is 4.98 Å². The van der Waals surface area contributed by atoms with Crippen molar-refractivity contribution in [3.63, 3.8) is 0 Å². The van der Waals surface area contributed by atoms with Gasteiger partial charge in [0.1, 0.15) is 5.69 Å². The molecule has 0 amide bonds. The fraction of sp³-hybridized carbons (Fsp3) is 0.286. The van der Waals surface area contributed by atoms with Crippen LogP contribution < -0.4 is 0 Å². The SMILES string of the molecule is FC(F)c1ncc(I)cc1C(F)(F)F. The highest BCUT2D eigenvalue weighted by Gasteiger charge is 2.36. The zero-order valence-corrected chi connectivity index (χ0v) is 8.60. The molecule has 78 valence electrons. The zero-order chi connectivity index (χ0) is 10.9. The first-order valence-corrected chi connectivity index (χ1v) is 4.41. The number of halogens is 6. The van der Waals surface area contributed by atoms with E-state index in [1.807, 2.05) is 0 Å². The molecular weight excluding hydrogens is 320 g/mol. The molecule has 1 aromatic rings. The molecule has 14 heavy (non-hydrogen) atoms. The molecule has 1 heterocycles. The predicted octanol–water partition coefficient (Wildman–Crippen LogP) is 3.64. The van der Waals surface area contributed by atoms with E-state index in [0.717, 1.165) is 6.20 Å². The molecule has 0 saturated carbocycles. The second kappa shape index (κ2) is 3.95. The number of rotatable bonds is 1. The molecule has 0 bridgehead atoms. The Balaban J connectivity index is 3.30. The second-order valence-corrected chi connectivity index (χ2v) is 3.63. The summed E-state index contributed by atoms with van der Waals surface area (Å²) in [6, 6.07) is 0.648. The third-order valence-corrected chi connectivity index (χ3v) is 1.99. The van der Waals surface area contributed by atoms with Gasteiger partial charge in [0.15, 0.2) is 0 Å². The molecule has 1 rings (SSSR count). The highest BCUT2D eigenvalue weighted by atomic mass is 127. The van der Waals surface area contributed by atoms with Gasteiger partial charge < -0.3 is 0 Å². The molecule has 1 nitrogen and oxygen atoms in total. The van der Waals surface area contributed by atoms with E-state index in [-0.39, 0.29) is 3.57 Å². The molecule has 0 radical (unpaired) electrons. The molecule has 0 spiro atoms. The van der Waals surface area contributed by atoms with Gasteiger partial charge in [0.2, 0.25) is 0 Å². The summed E-state index contributed by atoms with van der Waals surface area (Å²) in [4.78, 5) is 3.07. The van der Waals surface area contributed by atoms with Crippen LogP contribution in [0.3, 0.4) is 0 Å². The molecule has 0 fully saturated rings. The van der Waals surface area contributed by atoms with Crippen LogP contribution in [0.15, 0.2) is 12.3 Å². The average molecular weight is 323 g/mol. The number of pyridine rings is 1. The quantitative estimate of drug-likeness (QED) is 0.568. The van der Waals surface area contributed by atoms with Crippen molar-refractivity contribution in [1.82, 2.24) is 4.98 Å². The van der Waals surface area contributed by atoms with E-state index in [2.05, 4.69) is 4.98 Å². The van der Waals surface area contributed by atoms with Crippen LogP contribution in [0.4, 0.5) is 22.0 Å². The van der Waals surface area contributed by atoms with Crippen molar-refractivity contribution in [2.75, 3.05) is 0 Å². The number of hydrogen-bond acceptors (Lipinski definition) is 1. The average Bonchev–Trinajstić information content (AvgIpc) is 2.01. The maximum Gasteiger partial charge on any atom is 0.418 e. The van der Waals surface area contributed by atoms with Crippen molar-refractivity contribution in [2.24, 2.45) is 0 Å². The van der Waals surface area contributed by atoms with Gasteiger partial charge in [-0.1, -0.05) is 0 Å². The Morgan fingerprint density at radius 1 is 1.29 bits per heavy atom. The minimum atomic E-state index is -4.79. The van der Waals surface area contributed by atoms with Crippen molar-refractivity contribution >= 4 is 22.6 Å². The van der Waals surface area contributed by atoms with Crippen LogP contribution in [0.25, 0.3) is 0 Å². The van der Waals surface area contributed by atoms with E-state index in [9.17, 15) is 22.0 Å². The summed E-state index contributed by atoms with van der Waals surface area (Å²) < 4.78 is 61.1. The molecule has 0 aliphatic rings. The normalized spacial score (nSPS) is 12.2. The van der Waals surface area contributed by atoms with Crippen LogP contribution in [0, 0.1) is 3.57 Å². The molecule has 7 heteroatoms. The summed E-state index contributed by atoms with van der Waals surface area (Å²) in [6.07, 6.45) is -7.04. The topological polar surface area (TPSA) is 12.9 Å². The summed E-state index contributed by atoms with van der Waals surface area (Å²) in [5.74, 6) is 0. The number of hydrogen-bond donors (Lipinski definition) is 0. The van der Waals surface area contributed by atoms with E-state index in [1.54, 1.807) is 22.6 Å².